The van der Waals surface area contributed by atoms with Crippen molar-refractivity contribution in [2.24, 2.45) is 4.99 Å². The molecule has 0 atom stereocenters. The van der Waals surface area contributed by atoms with E-state index in [1.165, 1.54) is 23.4 Å². The molecular weight excluding hydrogens is 315 g/mol. The lowest BCUT2D eigenvalue weighted by Crippen LogP contribution is -2.37. The lowest BCUT2D eigenvalue weighted by Gasteiger charge is -2.13. The highest BCUT2D eigenvalue weighted by Crippen LogP contribution is 2.13. The summed E-state index contributed by atoms with van der Waals surface area (Å²) in [4.78, 5) is 6.29. The van der Waals surface area contributed by atoms with Crippen LogP contribution in [0.25, 0.3) is 0 Å². The quantitative estimate of drug-likeness (QED) is 0.461. The molecule has 2 aromatic rings. The second kappa shape index (κ2) is 9.67. The van der Waals surface area contributed by atoms with Crippen molar-refractivity contribution in [2.45, 2.75) is 19.4 Å². The molecule has 5 heteroatoms. The topological polar surface area (TPSA) is 39.7 Å². The summed E-state index contributed by atoms with van der Waals surface area (Å²) in [5.41, 5.74) is 3.43. The summed E-state index contributed by atoms with van der Waals surface area (Å²) in [5.74, 6) is 0.509. The third-order valence-corrected chi connectivity index (χ3v) is 3.96. The summed E-state index contributed by atoms with van der Waals surface area (Å²) in [6.45, 7) is 1.38. The zero-order valence-corrected chi connectivity index (χ0v) is 15.2. The Morgan fingerprint density at radius 3 is 2.44 bits per heavy atom. The SMILES string of the molecule is CN=C(NCCCc1ccc(N(C)C)cc1)NCc1cccc(F)c1. The van der Waals surface area contributed by atoms with Gasteiger partial charge in [-0.05, 0) is 48.2 Å². The number of rotatable bonds is 7. The van der Waals surface area contributed by atoms with Crippen LogP contribution in [0.5, 0.6) is 0 Å². The van der Waals surface area contributed by atoms with Crippen molar-refractivity contribution in [2.75, 3.05) is 32.6 Å². The minimum atomic E-state index is -0.220. The molecule has 0 bridgehead atoms. The van der Waals surface area contributed by atoms with Gasteiger partial charge in [-0.2, -0.15) is 0 Å². The second-order valence-corrected chi connectivity index (χ2v) is 6.15. The Labute approximate surface area is 149 Å². The van der Waals surface area contributed by atoms with Gasteiger partial charge in [0.15, 0.2) is 5.96 Å². The molecule has 25 heavy (non-hydrogen) atoms. The summed E-state index contributed by atoms with van der Waals surface area (Å²) >= 11 is 0. The van der Waals surface area contributed by atoms with E-state index in [0.29, 0.717) is 6.54 Å². The maximum Gasteiger partial charge on any atom is 0.191 e. The largest absolute Gasteiger partial charge is 0.378 e. The molecule has 2 N–H and O–H groups in total. The number of nitrogens with one attached hydrogen (secondary N) is 2. The van der Waals surface area contributed by atoms with Crippen molar-refractivity contribution >= 4 is 11.6 Å². The van der Waals surface area contributed by atoms with Crippen LogP contribution in [0, 0.1) is 5.82 Å². The van der Waals surface area contributed by atoms with Gasteiger partial charge in [0, 0.05) is 39.9 Å². The van der Waals surface area contributed by atoms with Crippen molar-refractivity contribution in [3.8, 4) is 0 Å². The average Bonchev–Trinajstić information content (AvgIpc) is 2.61. The molecule has 0 unspecified atom stereocenters. The number of nitrogens with zero attached hydrogens (tertiary/aromatic N) is 2. The predicted molar refractivity (Wildman–Crippen MR) is 104 cm³/mol. The van der Waals surface area contributed by atoms with Crippen molar-refractivity contribution in [1.29, 1.82) is 0 Å². The van der Waals surface area contributed by atoms with Gasteiger partial charge in [-0.3, -0.25) is 4.99 Å². The van der Waals surface area contributed by atoms with E-state index in [1.54, 1.807) is 13.1 Å². The molecule has 0 heterocycles. The number of aryl methyl sites for hydroxylation is 1. The fraction of sp³-hybridized carbons (Fsp3) is 0.350. The van der Waals surface area contributed by atoms with Gasteiger partial charge >= 0.3 is 0 Å². The van der Waals surface area contributed by atoms with Crippen LogP contribution in [0.1, 0.15) is 17.5 Å². The van der Waals surface area contributed by atoms with Crippen LogP contribution >= 0.6 is 0 Å². The third kappa shape index (κ3) is 6.45. The fourth-order valence-corrected chi connectivity index (χ4v) is 2.51. The highest BCUT2D eigenvalue weighted by molar-refractivity contribution is 5.79. The third-order valence-electron chi connectivity index (χ3n) is 3.96. The summed E-state index contributed by atoms with van der Waals surface area (Å²) in [7, 11) is 5.82. The molecule has 2 aromatic carbocycles. The lowest BCUT2D eigenvalue weighted by molar-refractivity contribution is 0.624. The van der Waals surface area contributed by atoms with Gasteiger partial charge in [0.25, 0.3) is 0 Å². The summed E-state index contributed by atoms with van der Waals surface area (Å²) in [6, 6.07) is 15.2. The van der Waals surface area contributed by atoms with Gasteiger partial charge in [0.2, 0.25) is 0 Å². The number of guanidine groups is 1. The first-order valence-electron chi connectivity index (χ1n) is 8.53. The number of hydrogen-bond acceptors (Lipinski definition) is 2. The monoisotopic (exact) mass is 342 g/mol. The lowest BCUT2D eigenvalue weighted by atomic mass is 10.1. The second-order valence-electron chi connectivity index (χ2n) is 6.15. The zero-order chi connectivity index (χ0) is 18.1. The molecule has 0 saturated heterocycles. The molecule has 0 aliphatic heterocycles. The van der Waals surface area contributed by atoms with Gasteiger partial charge in [0.1, 0.15) is 5.82 Å². The standard InChI is InChI=1S/C20H27FN4/c1-22-20(24-15-17-6-4-8-18(21)14-17)23-13-5-7-16-9-11-19(12-10-16)25(2)3/h4,6,8-12,14H,5,7,13,15H2,1-3H3,(H2,22,23,24). The summed E-state index contributed by atoms with van der Waals surface area (Å²) in [5, 5.41) is 6.49. The number of halogens is 1. The first-order chi connectivity index (χ1) is 12.1. The van der Waals surface area contributed by atoms with Gasteiger partial charge in [-0.25, -0.2) is 4.39 Å². The van der Waals surface area contributed by atoms with Crippen molar-refractivity contribution in [3.63, 3.8) is 0 Å². The van der Waals surface area contributed by atoms with E-state index in [2.05, 4.69) is 44.8 Å². The molecule has 0 radical (unpaired) electrons. The van der Waals surface area contributed by atoms with Gasteiger partial charge < -0.3 is 15.5 Å². The Balaban J connectivity index is 1.70. The van der Waals surface area contributed by atoms with Crippen molar-refractivity contribution < 1.29 is 4.39 Å². The van der Waals surface area contributed by atoms with Crippen molar-refractivity contribution in [1.82, 2.24) is 10.6 Å². The highest BCUT2D eigenvalue weighted by atomic mass is 19.1. The zero-order valence-electron chi connectivity index (χ0n) is 15.2. The smallest absolute Gasteiger partial charge is 0.191 e. The maximum absolute atomic E-state index is 13.2. The molecule has 0 fully saturated rings. The van der Waals surface area contributed by atoms with Crippen LogP contribution < -0.4 is 15.5 Å². The Morgan fingerprint density at radius 1 is 1.04 bits per heavy atom. The first-order valence-corrected chi connectivity index (χ1v) is 8.53. The molecule has 0 aromatic heterocycles. The minimum Gasteiger partial charge on any atom is -0.378 e. The van der Waals surface area contributed by atoms with E-state index in [4.69, 9.17) is 0 Å². The van der Waals surface area contributed by atoms with E-state index >= 15 is 0 Å². The summed E-state index contributed by atoms with van der Waals surface area (Å²) in [6.07, 6.45) is 2.03. The Kier molecular flexibility index (Phi) is 7.26. The van der Waals surface area contributed by atoms with E-state index in [9.17, 15) is 4.39 Å². The maximum atomic E-state index is 13.2. The van der Waals surface area contributed by atoms with Gasteiger partial charge in [0.05, 0.1) is 0 Å². The number of aliphatic imine (C=N–C) groups is 1. The molecule has 0 saturated carbocycles. The molecule has 0 aliphatic carbocycles. The van der Waals surface area contributed by atoms with E-state index in [0.717, 1.165) is 30.9 Å². The van der Waals surface area contributed by atoms with Crippen LogP contribution in [-0.2, 0) is 13.0 Å². The molecular formula is C20H27FN4. The average molecular weight is 342 g/mol. The molecule has 4 nitrogen and oxygen atoms in total. The molecule has 0 spiro atoms. The van der Waals surface area contributed by atoms with E-state index < -0.39 is 0 Å². The summed E-state index contributed by atoms with van der Waals surface area (Å²) < 4.78 is 13.2. The molecule has 0 amide bonds. The first kappa shape index (κ1) is 18.8. The highest BCUT2D eigenvalue weighted by Gasteiger charge is 2.00. The number of anilines is 1. The Hall–Kier alpha value is -2.56. The van der Waals surface area contributed by atoms with E-state index in [-0.39, 0.29) is 5.82 Å². The van der Waals surface area contributed by atoms with Crippen molar-refractivity contribution in [3.05, 3.63) is 65.5 Å². The Morgan fingerprint density at radius 2 is 1.80 bits per heavy atom. The normalized spacial score (nSPS) is 11.3. The minimum absolute atomic E-state index is 0.220. The van der Waals surface area contributed by atoms with Crippen LogP contribution in [0.4, 0.5) is 10.1 Å². The van der Waals surface area contributed by atoms with Crippen LogP contribution in [0.15, 0.2) is 53.5 Å². The molecule has 0 aliphatic rings. The number of benzene rings is 2. The van der Waals surface area contributed by atoms with E-state index in [1.807, 2.05) is 20.2 Å². The predicted octanol–water partition coefficient (Wildman–Crippen LogP) is 3.19. The van der Waals surface area contributed by atoms with Crippen LogP contribution in [-0.4, -0.2) is 33.6 Å². The van der Waals surface area contributed by atoms with Crippen LogP contribution in [0.2, 0.25) is 0 Å². The Bertz CT molecular complexity index is 680. The molecule has 2 rings (SSSR count). The van der Waals surface area contributed by atoms with Gasteiger partial charge in [-0.15, -0.1) is 0 Å². The molecule has 134 valence electrons. The fourth-order valence-electron chi connectivity index (χ4n) is 2.51. The number of hydrogen-bond donors (Lipinski definition) is 2. The van der Waals surface area contributed by atoms with Gasteiger partial charge in [-0.1, -0.05) is 24.3 Å². The van der Waals surface area contributed by atoms with Crippen LogP contribution in [0.3, 0.4) is 0 Å².